The van der Waals surface area contributed by atoms with Crippen LogP contribution in [0.4, 0.5) is 11.5 Å². The second-order valence-corrected chi connectivity index (χ2v) is 4.23. The summed E-state index contributed by atoms with van der Waals surface area (Å²) in [6.07, 6.45) is 2.66. The van der Waals surface area contributed by atoms with Crippen LogP contribution >= 0.6 is 0 Å². The Balaban J connectivity index is 2.23. The molecule has 108 valence electrons. The average Bonchev–Trinajstić information content (AvgIpc) is 2.46. The molecule has 0 aliphatic heterocycles. The minimum Gasteiger partial charge on any atom is -0.476 e. The Labute approximate surface area is 119 Å². The Hall–Kier alpha value is -3.03. The lowest BCUT2D eigenvalue weighted by Crippen LogP contribution is -2.11. The Morgan fingerprint density at radius 3 is 2.76 bits per heavy atom. The number of nitro groups is 1. The van der Waals surface area contributed by atoms with Crippen LogP contribution in [0.15, 0.2) is 30.6 Å². The summed E-state index contributed by atoms with van der Waals surface area (Å²) in [6, 6.07) is 4.73. The summed E-state index contributed by atoms with van der Waals surface area (Å²) in [5.41, 5.74) is 1.04. The number of anilines is 1. The number of rotatable bonds is 5. The van der Waals surface area contributed by atoms with Crippen LogP contribution in [0.1, 0.15) is 21.6 Å². The van der Waals surface area contributed by atoms with Crippen molar-refractivity contribution in [3.05, 3.63) is 57.5 Å². The molecule has 0 radical (unpaired) electrons. The van der Waals surface area contributed by atoms with Crippen molar-refractivity contribution < 1.29 is 14.8 Å². The van der Waals surface area contributed by atoms with Crippen LogP contribution in [0.3, 0.4) is 0 Å². The van der Waals surface area contributed by atoms with Gasteiger partial charge in [0.05, 0.1) is 4.92 Å². The van der Waals surface area contributed by atoms with E-state index < -0.39 is 10.9 Å². The van der Waals surface area contributed by atoms with Crippen molar-refractivity contribution in [2.45, 2.75) is 13.5 Å². The van der Waals surface area contributed by atoms with E-state index in [-0.39, 0.29) is 23.7 Å². The Morgan fingerprint density at radius 2 is 2.10 bits per heavy atom. The van der Waals surface area contributed by atoms with Crippen LogP contribution in [-0.4, -0.2) is 26.0 Å². The van der Waals surface area contributed by atoms with Gasteiger partial charge in [0, 0.05) is 30.6 Å². The lowest BCUT2D eigenvalue weighted by molar-refractivity contribution is -0.385. The summed E-state index contributed by atoms with van der Waals surface area (Å²) in [5.74, 6) is -1.07. The SMILES string of the molecule is Cc1c(CNc2nccnc2C(=O)O)cccc1[N+](=O)[O-]. The summed E-state index contributed by atoms with van der Waals surface area (Å²) in [5, 5.41) is 22.7. The van der Waals surface area contributed by atoms with Crippen LogP contribution < -0.4 is 5.32 Å². The van der Waals surface area contributed by atoms with Gasteiger partial charge in [0.15, 0.2) is 11.5 Å². The van der Waals surface area contributed by atoms with Gasteiger partial charge in [-0.3, -0.25) is 10.1 Å². The standard InChI is InChI=1S/C13H12N4O4/c1-8-9(3-2-4-10(8)17(20)21)7-16-12-11(13(18)19)14-5-6-15-12/h2-6H,7H2,1H3,(H,15,16)(H,18,19). The van der Waals surface area contributed by atoms with Gasteiger partial charge in [-0.1, -0.05) is 12.1 Å². The lowest BCUT2D eigenvalue weighted by Gasteiger charge is -2.09. The number of hydrogen-bond acceptors (Lipinski definition) is 6. The van der Waals surface area contributed by atoms with Crippen molar-refractivity contribution in [1.82, 2.24) is 9.97 Å². The predicted molar refractivity (Wildman–Crippen MR) is 74.2 cm³/mol. The van der Waals surface area contributed by atoms with Crippen molar-refractivity contribution in [3.8, 4) is 0 Å². The van der Waals surface area contributed by atoms with Gasteiger partial charge in [-0.25, -0.2) is 14.8 Å². The van der Waals surface area contributed by atoms with Crippen molar-refractivity contribution in [2.24, 2.45) is 0 Å². The lowest BCUT2D eigenvalue weighted by atomic mass is 10.1. The first-order valence-corrected chi connectivity index (χ1v) is 6.01. The predicted octanol–water partition coefficient (Wildman–Crippen LogP) is 2.00. The van der Waals surface area contributed by atoms with Crippen LogP contribution in [0.25, 0.3) is 0 Å². The molecule has 21 heavy (non-hydrogen) atoms. The van der Waals surface area contributed by atoms with Crippen molar-refractivity contribution in [2.75, 3.05) is 5.32 Å². The highest BCUT2D eigenvalue weighted by atomic mass is 16.6. The number of carbonyl (C=O) groups is 1. The number of carboxylic acid groups (broad SMARTS) is 1. The number of aromatic carboxylic acids is 1. The van der Waals surface area contributed by atoms with Gasteiger partial charge in [-0.2, -0.15) is 0 Å². The van der Waals surface area contributed by atoms with Gasteiger partial charge in [-0.15, -0.1) is 0 Å². The minimum atomic E-state index is -1.19. The van der Waals surface area contributed by atoms with Gasteiger partial charge < -0.3 is 10.4 Å². The maximum Gasteiger partial charge on any atom is 0.358 e. The molecular formula is C13H12N4O4. The van der Waals surface area contributed by atoms with Gasteiger partial charge >= 0.3 is 5.97 Å². The Bertz CT molecular complexity index is 702. The first-order chi connectivity index (χ1) is 10.0. The highest BCUT2D eigenvalue weighted by Gasteiger charge is 2.15. The number of nitro benzene ring substituents is 1. The molecule has 0 aliphatic carbocycles. The molecule has 2 rings (SSSR count). The number of benzene rings is 1. The monoisotopic (exact) mass is 288 g/mol. The molecule has 0 atom stereocenters. The zero-order valence-electron chi connectivity index (χ0n) is 11.1. The molecule has 0 saturated carbocycles. The van der Waals surface area contributed by atoms with E-state index in [0.29, 0.717) is 11.1 Å². The van der Waals surface area contributed by atoms with E-state index in [1.807, 2.05) is 0 Å². The number of nitrogens with one attached hydrogen (secondary N) is 1. The summed E-state index contributed by atoms with van der Waals surface area (Å²) in [4.78, 5) is 29.1. The topological polar surface area (TPSA) is 118 Å². The Morgan fingerprint density at radius 1 is 1.38 bits per heavy atom. The number of carboxylic acids is 1. The largest absolute Gasteiger partial charge is 0.476 e. The molecule has 0 amide bonds. The van der Waals surface area contributed by atoms with E-state index in [9.17, 15) is 14.9 Å². The van der Waals surface area contributed by atoms with Crippen molar-refractivity contribution in [3.63, 3.8) is 0 Å². The van der Waals surface area contributed by atoms with Crippen molar-refractivity contribution >= 4 is 17.5 Å². The maximum absolute atomic E-state index is 11.0. The molecule has 1 heterocycles. The fourth-order valence-electron chi connectivity index (χ4n) is 1.86. The van der Waals surface area contributed by atoms with Gasteiger partial charge in [-0.05, 0) is 12.5 Å². The molecule has 1 aromatic heterocycles. The molecule has 8 nitrogen and oxygen atoms in total. The second kappa shape index (κ2) is 5.95. The van der Waals surface area contributed by atoms with E-state index in [2.05, 4.69) is 15.3 Å². The van der Waals surface area contributed by atoms with Crippen molar-refractivity contribution in [1.29, 1.82) is 0 Å². The van der Waals surface area contributed by atoms with Crippen LogP contribution in [0.5, 0.6) is 0 Å². The maximum atomic E-state index is 11.0. The molecule has 2 N–H and O–H groups in total. The minimum absolute atomic E-state index is 0.0203. The number of hydrogen-bond donors (Lipinski definition) is 2. The van der Waals surface area contributed by atoms with Crippen LogP contribution in [0, 0.1) is 17.0 Å². The fourth-order valence-corrected chi connectivity index (χ4v) is 1.86. The van der Waals surface area contributed by atoms with E-state index in [4.69, 9.17) is 5.11 Å². The van der Waals surface area contributed by atoms with Gasteiger partial charge in [0.2, 0.25) is 0 Å². The van der Waals surface area contributed by atoms with Crippen LogP contribution in [0.2, 0.25) is 0 Å². The highest BCUT2D eigenvalue weighted by Crippen LogP contribution is 2.22. The third kappa shape index (κ3) is 3.11. The number of aromatic nitrogens is 2. The highest BCUT2D eigenvalue weighted by molar-refractivity contribution is 5.90. The first kappa shape index (κ1) is 14.4. The molecule has 0 bridgehead atoms. The van der Waals surface area contributed by atoms with E-state index in [1.165, 1.54) is 18.5 Å². The molecule has 0 fully saturated rings. The fraction of sp³-hybridized carbons (Fsp3) is 0.154. The Kier molecular flexibility index (Phi) is 4.07. The third-order valence-electron chi connectivity index (χ3n) is 2.96. The first-order valence-electron chi connectivity index (χ1n) is 6.01. The smallest absolute Gasteiger partial charge is 0.358 e. The molecular weight excluding hydrogens is 276 g/mol. The molecule has 8 heteroatoms. The van der Waals surface area contributed by atoms with E-state index in [0.717, 1.165) is 0 Å². The van der Waals surface area contributed by atoms with E-state index >= 15 is 0 Å². The summed E-state index contributed by atoms with van der Waals surface area (Å²) in [6.45, 7) is 1.86. The van der Waals surface area contributed by atoms with Crippen LogP contribution in [-0.2, 0) is 6.54 Å². The molecule has 0 unspecified atom stereocenters. The molecule has 0 saturated heterocycles. The van der Waals surface area contributed by atoms with Gasteiger partial charge in [0.1, 0.15) is 0 Å². The van der Waals surface area contributed by atoms with E-state index in [1.54, 1.807) is 19.1 Å². The zero-order chi connectivity index (χ0) is 15.4. The normalized spacial score (nSPS) is 10.1. The molecule has 0 spiro atoms. The van der Waals surface area contributed by atoms with Gasteiger partial charge in [0.25, 0.3) is 5.69 Å². The zero-order valence-corrected chi connectivity index (χ0v) is 11.1. The average molecular weight is 288 g/mol. The number of nitrogens with zero attached hydrogens (tertiary/aromatic N) is 3. The summed E-state index contributed by atoms with van der Waals surface area (Å²) in [7, 11) is 0. The summed E-state index contributed by atoms with van der Waals surface area (Å²) >= 11 is 0. The molecule has 1 aromatic carbocycles. The third-order valence-corrected chi connectivity index (χ3v) is 2.96. The molecule has 2 aromatic rings. The second-order valence-electron chi connectivity index (χ2n) is 4.23. The quantitative estimate of drug-likeness (QED) is 0.638. The molecule has 0 aliphatic rings. The summed E-state index contributed by atoms with van der Waals surface area (Å²) < 4.78 is 0.